The van der Waals surface area contributed by atoms with Gasteiger partial charge in [0.15, 0.2) is 0 Å². The Balaban J connectivity index is 1.22. The van der Waals surface area contributed by atoms with Crippen molar-refractivity contribution in [2.45, 2.75) is 42.2 Å². The van der Waals surface area contributed by atoms with Crippen LogP contribution in [0.25, 0.3) is 43.6 Å². The maximum absolute atomic E-state index is 2.75. The van der Waals surface area contributed by atoms with E-state index in [0.29, 0.717) is 18.2 Å². The van der Waals surface area contributed by atoms with Crippen molar-refractivity contribution in [3.63, 3.8) is 0 Å². The van der Waals surface area contributed by atoms with Crippen LogP contribution in [0, 0.1) is 0 Å². The molecule has 2 aromatic heterocycles. The van der Waals surface area contributed by atoms with Crippen LogP contribution in [0.15, 0.2) is 121 Å². The van der Waals surface area contributed by atoms with E-state index in [1.54, 1.807) is 0 Å². The molecular formula is C38H29N5. The van der Waals surface area contributed by atoms with Gasteiger partial charge < -0.3 is 9.13 Å². The van der Waals surface area contributed by atoms with Gasteiger partial charge in [-0.2, -0.15) is 0 Å². The van der Waals surface area contributed by atoms with Crippen molar-refractivity contribution in [3.05, 3.63) is 133 Å². The fraction of sp³-hybridized carbons (Fsp3) is 0.211. The lowest BCUT2D eigenvalue weighted by atomic mass is 9.90. The molecule has 6 aliphatic rings. The molecular weight excluding hydrogens is 526 g/mol. The van der Waals surface area contributed by atoms with Crippen molar-refractivity contribution in [3.8, 4) is 0 Å². The number of likely N-dealkylation sites (N-methyl/N-ethyl adjacent to an activating group) is 1. The third-order valence-electron chi connectivity index (χ3n) is 11.7. The van der Waals surface area contributed by atoms with Crippen molar-refractivity contribution in [2.75, 3.05) is 7.05 Å². The van der Waals surface area contributed by atoms with E-state index in [1.807, 2.05) is 0 Å². The molecule has 0 radical (unpaired) electrons. The summed E-state index contributed by atoms with van der Waals surface area (Å²) < 4.78 is 5.28. The van der Waals surface area contributed by atoms with Crippen molar-refractivity contribution >= 4 is 43.6 Å². The molecule has 6 aromatic rings. The molecule has 7 heterocycles. The average Bonchev–Trinajstić information content (AvgIpc) is 3.67. The van der Waals surface area contributed by atoms with Gasteiger partial charge in [0.25, 0.3) is 0 Å². The van der Waals surface area contributed by atoms with Crippen LogP contribution in [0.3, 0.4) is 0 Å². The van der Waals surface area contributed by atoms with E-state index in [9.17, 15) is 0 Å². The minimum atomic E-state index is -0.0560. The summed E-state index contributed by atoms with van der Waals surface area (Å²) in [5.74, 6) is 0. The SMILES string of the molecule is CN1C2c3ccc4c5ccccc5n(c4c3)C3C4C=CC(N43)n3c4ccccc4c4ccc(cc43)C2N2C3C=CC=CC312. The lowest BCUT2D eigenvalue weighted by Crippen LogP contribution is -2.36. The van der Waals surface area contributed by atoms with Crippen LogP contribution in [0.1, 0.15) is 35.5 Å². The molecule has 5 heteroatoms. The van der Waals surface area contributed by atoms with E-state index in [0.717, 1.165) is 0 Å². The van der Waals surface area contributed by atoms with Crippen LogP contribution >= 0.6 is 0 Å². The molecule has 12 rings (SSSR count). The van der Waals surface area contributed by atoms with Crippen LogP contribution in [-0.2, 0) is 0 Å². The summed E-state index contributed by atoms with van der Waals surface area (Å²) in [5, 5.41) is 5.39. The molecule has 9 atom stereocenters. The monoisotopic (exact) mass is 555 g/mol. The zero-order chi connectivity index (χ0) is 27.8. The first-order valence-electron chi connectivity index (χ1n) is 15.6. The normalized spacial score (nSPS) is 35.7. The lowest BCUT2D eigenvalue weighted by Gasteiger charge is -2.33. The molecule has 5 aliphatic heterocycles. The molecule has 1 spiro atoms. The highest BCUT2D eigenvalue weighted by Crippen LogP contribution is 2.65. The van der Waals surface area contributed by atoms with E-state index in [1.165, 1.54) is 54.7 Å². The Labute approximate surface area is 248 Å². The number of hydrogen-bond acceptors (Lipinski definition) is 3. The zero-order valence-corrected chi connectivity index (χ0v) is 23.7. The van der Waals surface area contributed by atoms with E-state index < -0.39 is 0 Å². The molecule has 0 N–H and O–H groups in total. The number of benzene rings is 4. The second-order valence-corrected chi connectivity index (χ2v) is 13.4. The Morgan fingerprint density at radius 1 is 0.605 bits per heavy atom. The Morgan fingerprint density at radius 2 is 1.26 bits per heavy atom. The number of para-hydroxylation sites is 2. The summed E-state index contributed by atoms with van der Waals surface area (Å²) in [7, 11) is 2.35. The largest absolute Gasteiger partial charge is 0.322 e. The lowest BCUT2D eigenvalue weighted by molar-refractivity contribution is 0.214. The van der Waals surface area contributed by atoms with Gasteiger partial charge in [0, 0.05) is 21.5 Å². The van der Waals surface area contributed by atoms with Gasteiger partial charge in [0.05, 0.1) is 46.2 Å². The zero-order valence-electron chi connectivity index (χ0n) is 23.7. The minimum absolute atomic E-state index is 0.0560. The van der Waals surface area contributed by atoms with Gasteiger partial charge in [-0.1, -0.05) is 85.0 Å². The van der Waals surface area contributed by atoms with E-state index >= 15 is 0 Å². The number of fused-ring (bicyclic) bond motifs is 16. The maximum atomic E-state index is 2.75. The molecule has 5 nitrogen and oxygen atoms in total. The minimum Gasteiger partial charge on any atom is -0.322 e. The number of allylic oxidation sites excluding steroid dienone is 2. The van der Waals surface area contributed by atoms with Gasteiger partial charge in [0.1, 0.15) is 18.0 Å². The fourth-order valence-electron chi connectivity index (χ4n) is 9.94. The number of hydrogen-bond donors (Lipinski definition) is 0. The highest BCUT2D eigenvalue weighted by atomic mass is 15.6. The van der Waals surface area contributed by atoms with E-state index in [2.05, 4.69) is 152 Å². The molecule has 3 fully saturated rings. The topological polar surface area (TPSA) is 19.1 Å². The summed E-state index contributed by atoms with van der Waals surface area (Å²) >= 11 is 0. The van der Waals surface area contributed by atoms with E-state index in [-0.39, 0.29) is 23.9 Å². The predicted octanol–water partition coefficient (Wildman–Crippen LogP) is 7.40. The highest BCUT2D eigenvalue weighted by molar-refractivity contribution is 6.09. The van der Waals surface area contributed by atoms with Crippen LogP contribution in [0.2, 0.25) is 0 Å². The van der Waals surface area contributed by atoms with Crippen molar-refractivity contribution in [2.24, 2.45) is 0 Å². The summed E-state index contributed by atoms with van der Waals surface area (Å²) in [5.41, 5.74) is 8.10. The summed E-state index contributed by atoms with van der Waals surface area (Å²) in [6, 6.07) is 34.0. The third-order valence-corrected chi connectivity index (χ3v) is 11.7. The van der Waals surface area contributed by atoms with Crippen molar-refractivity contribution < 1.29 is 0 Å². The maximum Gasteiger partial charge on any atom is 0.114 e. The van der Waals surface area contributed by atoms with Crippen LogP contribution < -0.4 is 0 Å². The molecule has 4 aromatic carbocycles. The molecule has 9 unspecified atom stereocenters. The molecule has 4 bridgehead atoms. The van der Waals surface area contributed by atoms with Crippen molar-refractivity contribution in [1.82, 2.24) is 23.8 Å². The molecule has 0 saturated carbocycles. The standard InChI is InChI=1S/C38H29N5/c1-39-35-22-13-15-27-25-9-3-5-11-29(25)41(32(27)20-22)37-30-17-18-34(42(30)37)40-28-10-4-2-8-24(28)26-16-14-23(21-31(26)40)36(35)43-33-12-6-7-19-38(33,39)43/h2-21,30,33-37H,1H3. The summed E-state index contributed by atoms with van der Waals surface area (Å²) in [6.45, 7) is 0. The van der Waals surface area contributed by atoms with Gasteiger partial charge in [-0.3, -0.25) is 9.80 Å². The Hall–Kier alpha value is -4.42. The summed E-state index contributed by atoms with van der Waals surface area (Å²) in [4.78, 5) is 8.10. The van der Waals surface area contributed by atoms with Crippen molar-refractivity contribution in [1.29, 1.82) is 0 Å². The number of aromatic nitrogens is 2. The number of nitrogens with zero attached hydrogens (tertiary/aromatic N) is 5. The average molecular weight is 556 g/mol. The van der Waals surface area contributed by atoms with Crippen LogP contribution in [-0.4, -0.2) is 48.6 Å². The third kappa shape index (κ3) is 2.34. The first kappa shape index (κ1) is 22.2. The predicted molar refractivity (Wildman–Crippen MR) is 172 cm³/mol. The fourth-order valence-corrected chi connectivity index (χ4v) is 9.94. The van der Waals surface area contributed by atoms with E-state index in [4.69, 9.17) is 0 Å². The first-order valence-corrected chi connectivity index (χ1v) is 15.6. The second kappa shape index (κ2) is 7.03. The van der Waals surface area contributed by atoms with Gasteiger partial charge in [0.2, 0.25) is 0 Å². The highest BCUT2D eigenvalue weighted by Gasteiger charge is 2.73. The molecule has 1 aliphatic carbocycles. The van der Waals surface area contributed by atoms with Gasteiger partial charge in [-0.15, -0.1) is 0 Å². The quantitative estimate of drug-likeness (QED) is 0.144. The molecule has 0 amide bonds. The van der Waals surface area contributed by atoms with Crippen LogP contribution in [0.4, 0.5) is 0 Å². The Kier molecular flexibility index (Phi) is 3.62. The number of rotatable bonds is 0. The number of piperazine rings is 1. The van der Waals surface area contributed by atoms with Crippen LogP contribution in [0.5, 0.6) is 0 Å². The smallest absolute Gasteiger partial charge is 0.114 e. The Bertz CT molecular complexity index is 2350. The molecule has 43 heavy (non-hydrogen) atoms. The second-order valence-electron chi connectivity index (χ2n) is 13.4. The summed E-state index contributed by atoms with van der Waals surface area (Å²) in [6.07, 6.45) is 14.7. The van der Waals surface area contributed by atoms with Gasteiger partial charge >= 0.3 is 0 Å². The molecule has 206 valence electrons. The van der Waals surface area contributed by atoms with Gasteiger partial charge in [-0.25, -0.2) is 4.90 Å². The first-order chi connectivity index (χ1) is 21.3. The van der Waals surface area contributed by atoms with Gasteiger partial charge in [-0.05, 0) is 54.6 Å². The molecule has 3 saturated heterocycles. The Morgan fingerprint density at radius 3 is 2.02 bits per heavy atom.